The van der Waals surface area contributed by atoms with Gasteiger partial charge in [0.2, 0.25) is 0 Å². The van der Waals surface area contributed by atoms with Crippen LogP contribution < -0.4 is 9.64 Å². The fourth-order valence-corrected chi connectivity index (χ4v) is 9.19. The van der Waals surface area contributed by atoms with Crippen molar-refractivity contribution >= 4 is 44.1 Å². The van der Waals surface area contributed by atoms with Gasteiger partial charge in [-0.1, -0.05) is 129 Å². The summed E-state index contributed by atoms with van der Waals surface area (Å²) in [5.41, 5.74) is 9.22. The summed E-state index contributed by atoms with van der Waals surface area (Å²) < 4.78 is 7.64. The van der Waals surface area contributed by atoms with Gasteiger partial charge in [0.25, 0.3) is 0 Å². The van der Waals surface area contributed by atoms with E-state index in [0.717, 1.165) is 35.4 Å². The Morgan fingerprint density at radius 2 is 1.27 bits per heavy atom. The van der Waals surface area contributed by atoms with E-state index in [4.69, 9.17) is 4.74 Å². The Hall–Kier alpha value is -5.34. The molecule has 238 valence electrons. The molecule has 2 nitrogen and oxygen atoms in total. The second kappa shape index (κ2) is 10.6. The van der Waals surface area contributed by atoms with Crippen LogP contribution in [-0.2, 0) is 11.0 Å². The van der Waals surface area contributed by atoms with Crippen molar-refractivity contribution in [2.45, 2.75) is 44.1 Å². The number of nitrogens with zero attached hydrogens (tertiary/aromatic N) is 1. The van der Waals surface area contributed by atoms with Gasteiger partial charge in [-0.25, -0.2) is 0 Å². The van der Waals surface area contributed by atoms with E-state index in [-0.39, 0.29) is 5.41 Å². The molecule has 1 aliphatic carbocycles. The largest absolute Gasteiger partial charge is 0.472 e. The smallest absolute Gasteiger partial charge is 0.178 e. The van der Waals surface area contributed by atoms with Gasteiger partial charge in [-0.2, -0.15) is 0 Å². The first kappa shape index (κ1) is 28.7. The van der Waals surface area contributed by atoms with Gasteiger partial charge in [-0.05, 0) is 92.7 Å². The van der Waals surface area contributed by atoms with Gasteiger partial charge in [0.15, 0.2) is 5.60 Å². The van der Waals surface area contributed by atoms with E-state index in [0.29, 0.717) is 0 Å². The summed E-state index contributed by atoms with van der Waals surface area (Å²) in [6.45, 7) is 7.00. The fourth-order valence-electron chi connectivity index (χ4n) is 9.19. The molecule has 3 aliphatic rings. The SMILES string of the molecule is CC1(C)c2ccccc2-c2c1c1c(c3ccccc23)OC(c2ccc(N3CCCCC3)cc2)(c2ccc3c(ccc4ccccc43)c2)C=C1. The van der Waals surface area contributed by atoms with Crippen LogP contribution >= 0.6 is 0 Å². The Kier molecular flexibility index (Phi) is 6.19. The van der Waals surface area contributed by atoms with E-state index in [9.17, 15) is 0 Å². The highest BCUT2D eigenvalue weighted by molar-refractivity contribution is 6.09. The lowest BCUT2D eigenvalue weighted by atomic mass is 9.76. The molecule has 1 saturated heterocycles. The van der Waals surface area contributed by atoms with Gasteiger partial charge in [0.05, 0.1) is 0 Å². The summed E-state index contributed by atoms with van der Waals surface area (Å²) in [6, 6.07) is 47.1. The molecule has 2 heteroatoms. The van der Waals surface area contributed by atoms with Crippen LogP contribution in [0.4, 0.5) is 5.69 Å². The van der Waals surface area contributed by atoms with Crippen LogP contribution in [0.3, 0.4) is 0 Å². The minimum Gasteiger partial charge on any atom is -0.472 e. The maximum atomic E-state index is 7.64. The van der Waals surface area contributed by atoms with Crippen molar-refractivity contribution in [3.63, 3.8) is 0 Å². The molecule has 0 bridgehead atoms. The van der Waals surface area contributed by atoms with Crippen molar-refractivity contribution in [1.82, 2.24) is 0 Å². The Morgan fingerprint density at radius 3 is 2.10 bits per heavy atom. The molecule has 2 heterocycles. The zero-order valence-corrected chi connectivity index (χ0v) is 28.2. The third kappa shape index (κ3) is 4.13. The van der Waals surface area contributed by atoms with Gasteiger partial charge in [-0.3, -0.25) is 0 Å². The summed E-state index contributed by atoms with van der Waals surface area (Å²) >= 11 is 0. The predicted octanol–water partition coefficient (Wildman–Crippen LogP) is 11.8. The van der Waals surface area contributed by atoms with E-state index in [2.05, 4.69) is 158 Å². The number of anilines is 1. The second-order valence-electron chi connectivity index (χ2n) is 14.7. The van der Waals surface area contributed by atoms with Crippen LogP contribution in [0.15, 0.2) is 133 Å². The molecular weight excluding hydrogens is 595 g/mol. The van der Waals surface area contributed by atoms with Gasteiger partial charge < -0.3 is 9.64 Å². The molecule has 1 fully saturated rings. The lowest BCUT2D eigenvalue weighted by Crippen LogP contribution is -2.35. The lowest BCUT2D eigenvalue weighted by Gasteiger charge is -2.39. The quantitative estimate of drug-likeness (QED) is 0.180. The molecule has 10 rings (SSSR count). The highest BCUT2D eigenvalue weighted by Gasteiger charge is 2.44. The highest BCUT2D eigenvalue weighted by Crippen LogP contribution is 2.58. The van der Waals surface area contributed by atoms with Crippen LogP contribution in [0, 0.1) is 0 Å². The summed E-state index contributed by atoms with van der Waals surface area (Å²) in [5, 5.41) is 7.44. The number of piperidine rings is 1. The molecule has 1 atom stereocenters. The Morgan fingerprint density at radius 1 is 0.592 bits per heavy atom. The van der Waals surface area contributed by atoms with Crippen molar-refractivity contribution in [2.75, 3.05) is 18.0 Å². The molecule has 0 saturated carbocycles. The molecular formula is C47H39NO. The number of benzene rings is 7. The molecule has 1 unspecified atom stereocenters. The minimum atomic E-state index is -0.806. The zero-order valence-electron chi connectivity index (χ0n) is 28.2. The van der Waals surface area contributed by atoms with E-state index < -0.39 is 5.60 Å². The van der Waals surface area contributed by atoms with E-state index in [1.54, 1.807) is 0 Å². The van der Waals surface area contributed by atoms with Gasteiger partial charge in [0, 0.05) is 46.3 Å². The van der Waals surface area contributed by atoms with E-state index in [1.807, 2.05) is 0 Å². The molecule has 2 aliphatic heterocycles. The summed E-state index contributed by atoms with van der Waals surface area (Å²) in [4.78, 5) is 2.53. The van der Waals surface area contributed by atoms with Gasteiger partial charge in [0.1, 0.15) is 5.75 Å². The number of ether oxygens (including phenoxy) is 1. The van der Waals surface area contributed by atoms with Crippen LogP contribution in [0.2, 0.25) is 0 Å². The Bertz CT molecular complexity index is 2480. The van der Waals surface area contributed by atoms with Gasteiger partial charge >= 0.3 is 0 Å². The topological polar surface area (TPSA) is 12.5 Å². The number of hydrogen-bond donors (Lipinski definition) is 0. The molecule has 7 aromatic rings. The third-order valence-electron chi connectivity index (χ3n) is 11.6. The third-order valence-corrected chi connectivity index (χ3v) is 11.6. The number of fused-ring (bicyclic) bond motifs is 11. The molecule has 0 radical (unpaired) electrons. The van der Waals surface area contributed by atoms with Crippen molar-refractivity contribution in [1.29, 1.82) is 0 Å². The van der Waals surface area contributed by atoms with Crippen LogP contribution in [-0.4, -0.2) is 13.1 Å². The first-order valence-corrected chi connectivity index (χ1v) is 17.9. The first-order valence-electron chi connectivity index (χ1n) is 17.9. The molecule has 0 N–H and O–H groups in total. The van der Waals surface area contributed by atoms with Crippen LogP contribution in [0.25, 0.3) is 49.5 Å². The normalized spacial score (nSPS) is 19.1. The fraction of sp³-hybridized carbons (Fsp3) is 0.191. The van der Waals surface area contributed by atoms with Crippen molar-refractivity contribution in [3.05, 3.63) is 161 Å². The molecule has 49 heavy (non-hydrogen) atoms. The monoisotopic (exact) mass is 633 g/mol. The zero-order chi connectivity index (χ0) is 32.7. The molecule has 0 aromatic heterocycles. The molecule has 0 spiro atoms. The summed E-state index contributed by atoms with van der Waals surface area (Å²) in [6.07, 6.45) is 8.56. The van der Waals surface area contributed by atoms with Crippen LogP contribution in [0.1, 0.15) is 60.9 Å². The average molecular weight is 634 g/mol. The van der Waals surface area contributed by atoms with Gasteiger partial charge in [-0.15, -0.1) is 0 Å². The number of rotatable bonds is 3. The minimum absolute atomic E-state index is 0.159. The maximum absolute atomic E-state index is 7.64. The Labute approximate surface area is 288 Å². The van der Waals surface area contributed by atoms with Crippen molar-refractivity contribution in [2.24, 2.45) is 0 Å². The Balaban J connectivity index is 1.21. The number of hydrogen-bond acceptors (Lipinski definition) is 2. The molecule has 0 amide bonds. The maximum Gasteiger partial charge on any atom is 0.178 e. The second-order valence-corrected chi connectivity index (χ2v) is 14.7. The lowest BCUT2D eigenvalue weighted by molar-refractivity contribution is 0.163. The first-order chi connectivity index (χ1) is 24.0. The van der Waals surface area contributed by atoms with E-state index in [1.165, 1.54) is 79.7 Å². The van der Waals surface area contributed by atoms with E-state index >= 15 is 0 Å². The molecule has 7 aromatic carbocycles. The average Bonchev–Trinajstić information content (AvgIpc) is 3.41. The van der Waals surface area contributed by atoms with Crippen molar-refractivity contribution in [3.8, 4) is 16.9 Å². The highest BCUT2D eigenvalue weighted by atomic mass is 16.5. The van der Waals surface area contributed by atoms with Crippen molar-refractivity contribution < 1.29 is 4.74 Å². The summed E-state index contributed by atoms with van der Waals surface area (Å²) in [5.74, 6) is 0.969. The van der Waals surface area contributed by atoms with Crippen LogP contribution in [0.5, 0.6) is 5.75 Å². The predicted molar refractivity (Wildman–Crippen MR) is 206 cm³/mol. The standard InChI is InChI=1S/C47H39NO/c1-46(2)42-17-9-8-16-40(42)43-38-14-6-7-15-39(38)45-41(44(43)46)26-27-47(49-45,33-20-23-35(24-21-33)48-28-10-3-11-29-48)34-22-25-37-32(30-34)19-18-31-12-4-5-13-36(31)37/h4-9,12-27,30H,3,10-11,28-29H2,1-2H3. The summed E-state index contributed by atoms with van der Waals surface area (Å²) in [7, 11) is 0.